The Bertz CT molecular complexity index is 881. The molecule has 0 saturated heterocycles. The Labute approximate surface area is 140 Å². The van der Waals surface area contributed by atoms with Crippen LogP contribution in [-0.2, 0) is 17.4 Å². The number of amides is 1. The maximum absolute atomic E-state index is 13.0. The van der Waals surface area contributed by atoms with Gasteiger partial charge in [0, 0.05) is 49.1 Å². The molecule has 6 nitrogen and oxygen atoms in total. The number of anilines is 1. The van der Waals surface area contributed by atoms with E-state index in [4.69, 9.17) is 0 Å². The molecule has 25 heavy (non-hydrogen) atoms. The van der Waals surface area contributed by atoms with Crippen molar-refractivity contribution in [2.24, 2.45) is 0 Å². The van der Waals surface area contributed by atoms with Gasteiger partial charge in [-0.05, 0) is 18.1 Å². The van der Waals surface area contributed by atoms with Gasteiger partial charge in [-0.25, -0.2) is 0 Å². The minimum atomic E-state index is -4.59. The third-order valence-corrected chi connectivity index (χ3v) is 4.08. The molecule has 1 aromatic carbocycles. The van der Waals surface area contributed by atoms with E-state index >= 15 is 0 Å². The van der Waals surface area contributed by atoms with E-state index < -0.39 is 16.7 Å². The SMILES string of the molecule is CN1C(=O)CCc2cc([N+](=O)[O-])cc(-c3cncc(C(F)(F)F)c3)c21. The second-order valence-electron chi connectivity index (χ2n) is 5.67. The first kappa shape index (κ1) is 16.9. The predicted molar refractivity (Wildman–Crippen MR) is 83.1 cm³/mol. The number of hydrogen-bond donors (Lipinski definition) is 0. The van der Waals surface area contributed by atoms with Crippen molar-refractivity contribution in [3.05, 3.63) is 51.8 Å². The molecule has 1 amide bonds. The van der Waals surface area contributed by atoms with Gasteiger partial charge in [0.05, 0.1) is 16.2 Å². The lowest BCUT2D eigenvalue weighted by atomic mass is 9.93. The number of rotatable bonds is 2. The number of carbonyl (C=O) groups excluding carboxylic acids is 1. The number of halogens is 3. The molecule has 9 heteroatoms. The van der Waals surface area contributed by atoms with Gasteiger partial charge < -0.3 is 4.90 Å². The summed E-state index contributed by atoms with van der Waals surface area (Å²) >= 11 is 0. The van der Waals surface area contributed by atoms with Crippen molar-refractivity contribution in [2.45, 2.75) is 19.0 Å². The average Bonchev–Trinajstić information content (AvgIpc) is 2.56. The first-order chi connectivity index (χ1) is 11.7. The number of fused-ring (bicyclic) bond motifs is 1. The fourth-order valence-corrected chi connectivity index (χ4v) is 2.87. The van der Waals surface area contributed by atoms with Crippen molar-refractivity contribution in [3.8, 4) is 11.1 Å². The molecule has 1 aliphatic rings. The van der Waals surface area contributed by atoms with Gasteiger partial charge in [-0.15, -0.1) is 0 Å². The predicted octanol–water partition coefficient (Wildman–Crippen LogP) is 3.58. The van der Waals surface area contributed by atoms with Crippen LogP contribution in [0.4, 0.5) is 24.5 Å². The Kier molecular flexibility index (Phi) is 3.94. The largest absolute Gasteiger partial charge is 0.417 e. The highest BCUT2D eigenvalue weighted by Crippen LogP contribution is 2.41. The highest BCUT2D eigenvalue weighted by atomic mass is 19.4. The minimum absolute atomic E-state index is 0.0660. The van der Waals surface area contributed by atoms with Crippen molar-refractivity contribution in [1.29, 1.82) is 0 Å². The van der Waals surface area contributed by atoms with E-state index in [2.05, 4.69) is 4.98 Å². The van der Waals surface area contributed by atoms with Crippen LogP contribution >= 0.6 is 0 Å². The molecule has 0 spiro atoms. The van der Waals surface area contributed by atoms with Crippen LogP contribution in [0.15, 0.2) is 30.6 Å². The molecule has 130 valence electrons. The van der Waals surface area contributed by atoms with Crippen LogP contribution in [0.3, 0.4) is 0 Å². The van der Waals surface area contributed by atoms with Gasteiger partial charge in [-0.2, -0.15) is 13.2 Å². The number of benzene rings is 1. The molecule has 0 N–H and O–H groups in total. The van der Waals surface area contributed by atoms with E-state index in [-0.39, 0.29) is 29.1 Å². The molecule has 2 heterocycles. The van der Waals surface area contributed by atoms with Crippen LogP contribution < -0.4 is 4.90 Å². The van der Waals surface area contributed by atoms with Gasteiger partial charge in [0.1, 0.15) is 0 Å². The molecule has 3 rings (SSSR count). The number of non-ortho nitro benzene ring substituents is 1. The van der Waals surface area contributed by atoms with E-state index in [1.807, 2.05) is 0 Å². The zero-order valence-electron chi connectivity index (χ0n) is 13.0. The summed E-state index contributed by atoms with van der Waals surface area (Å²) in [6.07, 6.45) is -2.24. The van der Waals surface area contributed by atoms with Gasteiger partial charge in [0.25, 0.3) is 5.69 Å². The molecule has 0 aliphatic carbocycles. The molecule has 0 bridgehead atoms. The third-order valence-electron chi connectivity index (χ3n) is 4.08. The minimum Gasteiger partial charge on any atom is -0.315 e. The summed E-state index contributed by atoms with van der Waals surface area (Å²) in [4.78, 5) is 27.5. The number of aromatic nitrogens is 1. The first-order valence-corrected chi connectivity index (χ1v) is 7.29. The summed E-state index contributed by atoms with van der Waals surface area (Å²) in [5.41, 5.74) is -0.0367. The molecule has 0 atom stereocenters. The number of hydrogen-bond acceptors (Lipinski definition) is 4. The van der Waals surface area contributed by atoms with Gasteiger partial charge in [0.15, 0.2) is 0 Å². The van der Waals surface area contributed by atoms with Crippen molar-refractivity contribution < 1.29 is 22.9 Å². The van der Waals surface area contributed by atoms with Crippen LogP contribution in [0.2, 0.25) is 0 Å². The van der Waals surface area contributed by atoms with Gasteiger partial charge >= 0.3 is 6.18 Å². The van der Waals surface area contributed by atoms with Crippen LogP contribution in [0.1, 0.15) is 17.5 Å². The zero-order chi connectivity index (χ0) is 18.4. The standard InChI is InChI=1S/C16H12F3N3O3/c1-21-14(23)3-2-9-5-12(22(24)25)6-13(15(9)21)10-4-11(8-20-7-10)16(17,18)19/h4-8H,2-3H2,1H3. The van der Waals surface area contributed by atoms with Crippen LogP contribution in [-0.4, -0.2) is 22.9 Å². The lowest BCUT2D eigenvalue weighted by molar-refractivity contribution is -0.384. The van der Waals surface area contributed by atoms with E-state index in [0.29, 0.717) is 23.9 Å². The quantitative estimate of drug-likeness (QED) is 0.612. The first-order valence-electron chi connectivity index (χ1n) is 7.29. The zero-order valence-corrected chi connectivity index (χ0v) is 13.0. The van der Waals surface area contributed by atoms with E-state index in [9.17, 15) is 28.1 Å². The summed E-state index contributed by atoms with van der Waals surface area (Å²) in [5, 5.41) is 11.2. The Morgan fingerprint density at radius 3 is 2.56 bits per heavy atom. The van der Waals surface area contributed by atoms with Crippen LogP contribution in [0.25, 0.3) is 11.1 Å². The molecule has 1 aromatic heterocycles. The van der Waals surface area contributed by atoms with E-state index in [1.165, 1.54) is 30.3 Å². The number of aryl methyl sites for hydroxylation is 1. The number of nitrogens with zero attached hydrogens (tertiary/aromatic N) is 3. The highest BCUT2D eigenvalue weighted by Gasteiger charge is 2.32. The number of pyridine rings is 1. The smallest absolute Gasteiger partial charge is 0.315 e. The second-order valence-corrected chi connectivity index (χ2v) is 5.67. The summed E-state index contributed by atoms with van der Waals surface area (Å²) < 4.78 is 38.9. The molecule has 0 radical (unpaired) electrons. The van der Waals surface area contributed by atoms with Gasteiger partial charge in [-0.1, -0.05) is 0 Å². The topological polar surface area (TPSA) is 76.3 Å². The molecule has 1 aliphatic heterocycles. The fourth-order valence-electron chi connectivity index (χ4n) is 2.87. The maximum atomic E-state index is 13.0. The Morgan fingerprint density at radius 2 is 1.92 bits per heavy atom. The summed E-state index contributed by atoms with van der Waals surface area (Å²) in [7, 11) is 1.50. The lowest BCUT2D eigenvalue weighted by Gasteiger charge is -2.28. The van der Waals surface area contributed by atoms with E-state index in [1.54, 1.807) is 0 Å². The maximum Gasteiger partial charge on any atom is 0.417 e. The van der Waals surface area contributed by atoms with Crippen LogP contribution in [0.5, 0.6) is 0 Å². The van der Waals surface area contributed by atoms with Crippen molar-refractivity contribution in [2.75, 3.05) is 11.9 Å². The highest BCUT2D eigenvalue weighted by molar-refractivity contribution is 6.01. The summed E-state index contributed by atoms with van der Waals surface area (Å²) in [5.74, 6) is -0.206. The number of alkyl halides is 3. The number of nitro benzene ring substituents is 1. The molecule has 0 saturated carbocycles. The third kappa shape index (κ3) is 3.04. The monoisotopic (exact) mass is 351 g/mol. The molecule has 2 aromatic rings. The van der Waals surface area contributed by atoms with Gasteiger partial charge in [0.2, 0.25) is 5.91 Å². The van der Waals surface area contributed by atoms with Gasteiger partial charge in [-0.3, -0.25) is 19.9 Å². The summed E-state index contributed by atoms with van der Waals surface area (Å²) in [6, 6.07) is 3.40. The lowest BCUT2D eigenvalue weighted by Crippen LogP contribution is -2.31. The second kappa shape index (κ2) is 5.83. The number of nitro groups is 1. The molecule has 0 unspecified atom stereocenters. The van der Waals surface area contributed by atoms with Crippen molar-refractivity contribution in [3.63, 3.8) is 0 Å². The average molecular weight is 351 g/mol. The number of carbonyl (C=O) groups is 1. The Hall–Kier alpha value is -2.97. The Morgan fingerprint density at radius 1 is 1.20 bits per heavy atom. The van der Waals surface area contributed by atoms with Crippen molar-refractivity contribution in [1.82, 2.24) is 4.98 Å². The van der Waals surface area contributed by atoms with E-state index in [0.717, 1.165) is 6.07 Å². The fraction of sp³-hybridized carbons (Fsp3) is 0.250. The molecule has 0 fully saturated rings. The molecular formula is C16H12F3N3O3. The summed E-state index contributed by atoms with van der Waals surface area (Å²) in [6.45, 7) is 0. The van der Waals surface area contributed by atoms with Crippen molar-refractivity contribution >= 4 is 17.3 Å². The Balaban J connectivity index is 2.26. The molecular weight excluding hydrogens is 339 g/mol. The van der Waals surface area contributed by atoms with Crippen LogP contribution in [0, 0.1) is 10.1 Å². The normalized spacial score (nSPS) is 14.4.